The van der Waals surface area contributed by atoms with Gasteiger partial charge < -0.3 is 10.1 Å². The van der Waals surface area contributed by atoms with Crippen LogP contribution in [-0.4, -0.2) is 58.7 Å². The van der Waals surface area contributed by atoms with Crippen LogP contribution in [0.3, 0.4) is 0 Å². The molecule has 2 N–H and O–H groups in total. The Labute approximate surface area is 117 Å². The second-order valence-corrected chi connectivity index (χ2v) is 6.83. The smallest absolute Gasteiger partial charge is 0.279 e. The minimum absolute atomic E-state index is 0.321. The number of nitrogens with zero attached hydrogens (tertiary/aromatic N) is 1. The van der Waals surface area contributed by atoms with E-state index >= 15 is 0 Å². The first kappa shape index (κ1) is 16.8. The SMILES string of the molecule is CCCNC1CCN(S(=O)(=O)NCCOC)CC1C. The van der Waals surface area contributed by atoms with Crippen molar-refractivity contribution in [3.05, 3.63) is 0 Å². The fraction of sp³-hybridized carbons (Fsp3) is 1.00. The molecule has 19 heavy (non-hydrogen) atoms. The maximum atomic E-state index is 12.1. The summed E-state index contributed by atoms with van der Waals surface area (Å²) in [4.78, 5) is 0. The molecule has 0 aliphatic carbocycles. The molecule has 0 bridgehead atoms. The van der Waals surface area contributed by atoms with Crippen LogP contribution < -0.4 is 10.0 Å². The number of piperidine rings is 1. The van der Waals surface area contributed by atoms with Gasteiger partial charge in [0.1, 0.15) is 0 Å². The lowest BCUT2D eigenvalue weighted by atomic mass is 9.95. The minimum atomic E-state index is -3.36. The largest absolute Gasteiger partial charge is 0.383 e. The Balaban J connectivity index is 2.45. The molecule has 0 spiro atoms. The molecular weight excluding hydrogens is 266 g/mol. The first-order chi connectivity index (χ1) is 9.01. The van der Waals surface area contributed by atoms with Crippen LogP contribution in [0.2, 0.25) is 0 Å². The highest BCUT2D eigenvalue weighted by atomic mass is 32.2. The van der Waals surface area contributed by atoms with E-state index in [1.54, 1.807) is 7.11 Å². The van der Waals surface area contributed by atoms with Crippen LogP contribution in [0.1, 0.15) is 26.7 Å². The van der Waals surface area contributed by atoms with E-state index in [2.05, 4.69) is 23.9 Å². The van der Waals surface area contributed by atoms with Crippen molar-refractivity contribution in [2.75, 3.05) is 39.9 Å². The molecule has 0 saturated carbocycles. The molecule has 7 heteroatoms. The summed E-state index contributed by atoms with van der Waals surface area (Å²) in [5.41, 5.74) is 0. The Morgan fingerprint density at radius 3 is 2.68 bits per heavy atom. The summed E-state index contributed by atoms with van der Waals surface area (Å²) >= 11 is 0. The van der Waals surface area contributed by atoms with Crippen molar-refractivity contribution in [2.45, 2.75) is 32.7 Å². The summed E-state index contributed by atoms with van der Waals surface area (Å²) < 4.78 is 33.1. The zero-order valence-electron chi connectivity index (χ0n) is 12.2. The molecular formula is C12H27N3O3S. The molecule has 1 aliphatic rings. The maximum Gasteiger partial charge on any atom is 0.279 e. The van der Waals surface area contributed by atoms with Gasteiger partial charge in [-0.05, 0) is 25.3 Å². The number of ether oxygens (including phenoxy) is 1. The van der Waals surface area contributed by atoms with Crippen LogP contribution in [0.15, 0.2) is 0 Å². The summed E-state index contributed by atoms with van der Waals surface area (Å²) in [6.07, 6.45) is 1.97. The molecule has 2 unspecified atom stereocenters. The van der Waals surface area contributed by atoms with Gasteiger partial charge in [-0.25, -0.2) is 0 Å². The number of hydrogen-bond acceptors (Lipinski definition) is 4. The predicted molar refractivity (Wildman–Crippen MR) is 76.2 cm³/mol. The minimum Gasteiger partial charge on any atom is -0.383 e. The summed E-state index contributed by atoms with van der Waals surface area (Å²) in [7, 11) is -1.80. The van der Waals surface area contributed by atoms with Gasteiger partial charge in [0.25, 0.3) is 10.2 Å². The fourth-order valence-electron chi connectivity index (χ4n) is 2.32. The highest BCUT2D eigenvalue weighted by Crippen LogP contribution is 2.18. The highest BCUT2D eigenvalue weighted by Gasteiger charge is 2.31. The van der Waals surface area contributed by atoms with Gasteiger partial charge >= 0.3 is 0 Å². The standard InChI is InChI=1S/C12H27N3O3S/c1-4-6-13-12-5-8-15(10-11(12)2)19(16,17)14-7-9-18-3/h11-14H,4-10H2,1-3H3. The number of nitrogens with one attached hydrogen (secondary N) is 2. The number of rotatable bonds is 8. The van der Waals surface area contributed by atoms with Gasteiger partial charge in [-0.2, -0.15) is 17.4 Å². The molecule has 0 aromatic heterocycles. The van der Waals surface area contributed by atoms with E-state index in [-0.39, 0.29) is 0 Å². The van der Waals surface area contributed by atoms with Crippen LogP contribution in [0.25, 0.3) is 0 Å². The van der Waals surface area contributed by atoms with Crippen molar-refractivity contribution in [3.8, 4) is 0 Å². The van der Waals surface area contributed by atoms with E-state index in [9.17, 15) is 8.42 Å². The van der Waals surface area contributed by atoms with Crippen LogP contribution in [0.5, 0.6) is 0 Å². The van der Waals surface area contributed by atoms with Crippen molar-refractivity contribution >= 4 is 10.2 Å². The highest BCUT2D eigenvalue weighted by molar-refractivity contribution is 7.87. The lowest BCUT2D eigenvalue weighted by molar-refractivity contribution is 0.200. The topological polar surface area (TPSA) is 70.7 Å². The third kappa shape index (κ3) is 5.35. The van der Waals surface area contributed by atoms with Crippen LogP contribution in [0.4, 0.5) is 0 Å². The van der Waals surface area contributed by atoms with Crippen molar-refractivity contribution in [1.82, 2.24) is 14.3 Å². The molecule has 1 saturated heterocycles. The van der Waals surface area contributed by atoms with Gasteiger partial charge in [-0.1, -0.05) is 13.8 Å². The first-order valence-electron chi connectivity index (χ1n) is 6.98. The Bertz CT molecular complexity index is 348. The molecule has 0 amide bonds. The molecule has 1 fully saturated rings. The van der Waals surface area contributed by atoms with E-state index in [0.29, 0.717) is 38.2 Å². The van der Waals surface area contributed by atoms with Gasteiger partial charge in [0.15, 0.2) is 0 Å². The molecule has 114 valence electrons. The van der Waals surface area contributed by atoms with Gasteiger partial charge in [0.2, 0.25) is 0 Å². The third-order valence-corrected chi connectivity index (χ3v) is 5.04. The maximum absolute atomic E-state index is 12.1. The van der Waals surface area contributed by atoms with Gasteiger partial charge in [-0.3, -0.25) is 0 Å². The van der Waals surface area contributed by atoms with E-state index in [1.807, 2.05) is 0 Å². The van der Waals surface area contributed by atoms with E-state index < -0.39 is 10.2 Å². The molecule has 2 atom stereocenters. The van der Waals surface area contributed by atoms with Crippen molar-refractivity contribution in [2.24, 2.45) is 5.92 Å². The van der Waals surface area contributed by atoms with Crippen molar-refractivity contribution < 1.29 is 13.2 Å². The van der Waals surface area contributed by atoms with E-state index in [1.165, 1.54) is 4.31 Å². The fourth-order valence-corrected chi connectivity index (χ4v) is 3.62. The zero-order valence-corrected chi connectivity index (χ0v) is 13.0. The molecule has 6 nitrogen and oxygen atoms in total. The summed E-state index contributed by atoms with van der Waals surface area (Å²) in [6.45, 7) is 7.09. The lowest BCUT2D eigenvalue weighted by Crippen LogP contribution is -2.53. The number of hydrogen-bond donors (Lipinski definition) is 2. The van der Waals surface area contributed by atoms with Crippen LogP contribution >= 0.6 is 0 Å². The number of methoxy groups -OCH3 is 1. The summed E-state index contributed by atoms with van der Waals surface area (Å²) in [5.74, 6) is 0.333. The summed E-state index contributed by atoms with van der Waals surface area (Å²) in [6, 6.07) is 0.422. The zero-order chi connectivity index (χ0) is 14.3. The Kier molecular flexibility index (Phi) is 7.23. The Morgan fingerprint density at radius 2 is 2.11 bits per heavy atom. The second-order valence-electron chi connectivity index (χ2n) is 5.08. The van der Waals surface area contributed by atoms with Crippen molar-refractivity contribution in [1.29, 1.82) is 0 Å². The van der Waals surface area contributed by atoms with Gasteiger partial charge in [0, 0.05) is 32.8 Å². The van der Waals surface area contributed by atoms with Crippen LogP contribution in [0, 0.1) is 5.92 Å². The molecule has 1 rings (SSSR count). The van der Waals surface area contributed by atoms with Gasteiger partial charge in [-0.15, -0.1) is 0 Å². The normalized spacial score (nSPS) is 25.6. The average Bonchev–Trinajstić information content (AvgIpc) is 2.37. The van der Waals surface area contributed by atoms with E-state index in [4.69, 9.17) is 4.74 Å². The molecule has 0 aromatic carbocycles. The van der Waals surface area contributed by atoms with Gasteiger partial charge in [0.05, 0.1) is 6.61 Å². The lowest BCUT2D eigenvalue weighted by Gasteiger charge is -2.36. The third-order valence-electron chi connectivity index (χ3n) is 3.46. The molecule has 1 aliphatic heterocycles. The predicted octanol–water partition coefficient (Wildman–Crippen LogP) is 0.177. The monoisotopic (exact) mass is 293 g/mol. The van der Waals surface area contributed by atoms with Crippen LogP contribution in [-0.2, 0) is 14.9 Å². The first-order valence-corrected chi connectivity index (χ1v) is 8.42. The molecule has 1 heterocycles. The summed E-state index contributed by atoms with van der Waals surface area (Å²) in [5, 5.41) is 3.48. The Hall–Kier alpha value is -0.210. The second kappa shape index (κ2) is 8.16. The van der Waals surface area contributed by atoms with Crippen molar-refractivity contribution in [3.63, 3.8) is 0 Å². The average molecular weight is 293 g/mol. The quantitative estimate of drug-likeness (QED) is 0.626. The molecule has 0 aromatic rings. The Morgan fingerprint density at radius 1 is 1.37 bits per heavy atom. The molecule has 0 radical (unpaired) electrons. The van der Waals surface area contributed by atoms with E-state index in [0.717, 1.165) is 19.4 Å².